The third kappa shape index (κ3) is 40.0. The molecule has 0 aromatic heterocycles. The molecule has 1 rings (SSSR count). The topological polar surface area (TPSA) is 123 Å². The van der Waals surface area contributed by atoms with Crippen LogP contribution in [0, 0.1) is 22.1 Å². The molecule has 0 amide bonds. The minimum absolute atomic E-state index is 0.750. The Labute approximate surface area is 94.6 Å². The van der Waals surface area contributed by atoms with Crippen LogP contribution >= 0.6 is 0 Å². The van der Waals surface area contributed by atoms with Crippen LogP contribution in [-0.4, -0.2) is 18.2 Å². The first-order valence-corrected chi connectivity index (χ1v) is 4.76. The van der Waals surface area contributed by atoms with E-state index in [2.05, 4.69) is 6.92 Å². The highest BCUT2D eigenvalue weighted by Crippen LogP contribution is 2.21. The molecule has 0 aliphatic heterocycles. The summed E-state index contributed by atoms with van der Waals surface area (Å²) >= 11 is 0. The number of carbonyl (C=O) groups excluding carboxylic acids is 3. The van der Waals surface area contributed by atoms with E-state index < -0.39 is 0 Å². The zero-order valence-corrected chi connectivity index (χ0v) is 9.34. The summed E-state index contributed by atoms with van der Waals surface area (Å²) in [7, 11) is 0. The molecule has 0 radical (unpaired) electrons. The minimum Gasteiger partial charge on any atom is -0.222 e. The molecular formula is C10H17N3O3. The van der Waals surface area contributed by atoms with E-state index in [1.54, 1.807) is 0 Å². The van der Waals surface area contributed by atoms with Gasteiger partial charge in [0.05, 0.1) is 0 Å². The van der Waals surface area contributed by atoms with Gasteiger partial charge in [0.1, 0.15) is 0 Å². The summed E-state index contributed by atoms with van der Waals surface area (Å²) in [5, 5.41) is 16.2. The number of isocyanates is 3. The summed E-state index contributed by atoms with van der Waals surface area (Å²) in [6, 6.07) is 0. The van der Waals surface area contributed by atoms with E-state index in [4.69, 9.17) is 30.6 Å². The van der Waals surface area contributed by atoms with Crippen molar-refractivity contribution in [2.45, 2.75) is 39.0 Å². The van der Waals surface area contributed by atoms with E-state index in [1.165, 1.54) is 32.1 Å². The van der Waals surface area contributed by atoms with Gasteiger partial charge in [-0.15, -0.1) is 0 Å². The normalized spacial score (nSPS) is 12.6. The van der Waals surface area contributed by atoms with Gasteiger partial charge < -0.3 is 0 Å². The molecule has 1 saturated carbocycles. The predicted octanol–water partition coefficient (Wildman–Crippen LogP) is 2.29. The fourth-order valence-electron chi connectivity index (χ4n) is 1.31. The van der Waals surface area contributed by atoms with Crippen molar-refractivity contribution in [1.82, 2.24) is 0 Å². The molecule has 90 valence electrons. The maximum absolute atomic E-state index is 8.35. The van der Waals surface area contributed by atoms with Crippen molar-refractivity contribution in [3.05, 3.63) is 0 Å². The van der Waals surface area contributed by atoms with Crippen LogP contribution in [0.3, 0.4) is 0 Å². The molecule has 16 heavy (non-hydrogen) atoms. The lowest BCUT2D eigenvalue weighted by Gasteiger charge is -2.15. The molecule has 0 unspecified atom stereocenters. The first kappa shape index (κ1) is 19.7. The quantitative estimate of drug-likeness (QED) is 0.434. The second-order valence-corrected chi connectivity index (χ2v) is 3.05. The Balaban J connectivity index is -0.000000161. The summed E-state index contributed by atoms with van der Waals surface area (Å²) in [6.07, 6.45) is 9.69. The van der Waals surface area contributed by atoms with Gasteiger partial charge in [0.25, 0.3) is 0 Å². The van der Waals surface area contributed by atoms with E-state index in [-0.39, 0.29) is 0 Å². The lowest BCUT2D eigenvalue weighted by Crippen LogP contribution is -1.99. The van der Waals surface area contributed by atoms with E-state index >= 15 is 0 Å². The molecule has 6 heteroatoms. The molecule has 1 fully saturated rings. The Morgan fingerprint density at radius 3 is 1.19 bits per heavy atom. The first-order valence-electron chi connectivity index (χ1n) is 4.76. The van der Waals surface area contributed by atoms with Crippen LogP contribution in [-0.2, 0) is 14.4 Å². The van der Waals surface area contributed by atoms with Gasteiger partial charge in [-0.3, -0.25) is 0 Å². The van der Waals surface area contributed by atoms with Crippen molar-refractivity contribution < 1.29 is 14.4 Å². The van der Waals surface area contributed by atoms with Gasteiger partial charge >= 0.3 is 0 Å². The van der Waals surface area contributed by atoms with Crippen LogP contribution in [0.25, 0.3) is 0 Å². The summed E-state index contributed by atoms with van der Waals surface area (Å²) in [4.78, 5) is 25.0. The Bertz CT molecular complexity index is 201. The average Bonchev–Trinajstić information content (AvgIpc) is 2.22. The largest absolute Gasteiger partial charge is 0.231 e. The maximum Gasteiger partial charge on any atom is 0.231 e. The number of nitrogens with one attached hydrogen (secondary N) is 3. The summed E-state index contributed by atoms with van der Waals surface area (Å²) in [6.45, 7) is 2.36. The van der Waals surface area contributed by atoms with Gasteiger partial charge in [0.15, 0.2) is 0 Å². The van der Waals surface area contributed by atoms with Gasteiger partial charge in [0, 0.05) is 0 Å². The summed E-state index contributed by atoms with van der Waals surface area (Å²) in [5.74, 6) is 1.04. The highest BCUT2D eigenvalue weighted by molar-refractivity contribution is 5.26. The zero-order chi connectivity index (χ0) is 13.2. The number of hydrogen-bond donors (Lipinski definition) is 3. The van der Waals surface area contributed by atoms with Gasteiger partial charge in [-0.25, -0.2) is 30.6 Å². The highest BCUT2D eigenvalue weighted by atomic mass is 16.1. The van der Waals surface area contributed by atoms with Gasteiger partial charge in [-0.05, 0) is 5.92 Å². The van der Waals surface area contributed by atoms with Gasteiger partial charge in [0.2, 0.25) is 18.2 Å². The molecule has 0 saturated heterocycles. The molecule has 0 aromatic rings. The molecule has 0 aromatic carbocycles. The molecule has 0 heterocycles. The maximum atomic E-state index is 8.35. The van der Waals surface area contributed by atoms with Crippen molar-refractivity contribution in [1.29, 1.82) is 16.2 Å². The second-order valence-electron chi connectivity index (χ2n) is 3.05. The first-order chi connectivity index (χ1) is 7.64. The zero-order valence-electron chi connectivity index (χ0n) is 9.34. The molecular weight excluding hydrogens is 210 g/mol. The van der Waals surface area contributed by atoms with Crippen molar-refractivity contribution >= 4 is 18.2 Å². The van der Waals surface area contributed by atoms with Crippen molar-refractivity contribution in [3.8, 4) is 0 Å². The monoisotopic (exact) mass is 227 g/mol. The molecule has 1 aliphatic carbocycles. The molecule has 1 aliphatic rings. The molecule has 0 atom stereocenters. The predicted molar refractivity (Wildman–Crippen MR) is 57.5 cm³/mol. The summed E-state index contributed by atoms with van der Waals surface area (Å²) in [5.41, 5.74) is 0. The third-order valence-corrected chi connectivity index (χ3v) is 1.89. The standard InChI is InChI=1S/C7H14.3CHNO/c1-7-5-3-2-4-6-7;3*2-1-3/h7H,2-6H2,1H3;3*2H. The number of hydrogen-bond acceptors (Lipinski definition) is 6. The number of rotatable bonds is 0. The Morgan fingerprint density at radius 1 is 0.812 bits per heavy atom. The van der Waals surface area contributed by atoms with Crippen LogP contribution in [0.1, 0.15) is 39.0 Å². The Kier molecular flexibility index (Phi) is 28.5. The van der Waals surface area contributed by atoms with E-state index in [9.17, 15) is 0 Å². The van der Waals surface area contributed by atoms with Crippen LogP contribution < -0.4 is 0 Å². The lowest BCUT2D eigenvalue weighted by molar-refractivity contribution is 0.385. The fourth-order valence-corrected chi connectivity index (χ4v) is 1.31. The van der Waals surface area contributed by atoms with E-state index in [0.717, 1.165) is 24.2 Å². The third-order valence-electron chi connectivity index (χ3n) is 1.89. The van der Waals surface area contributed by atoms with Crippen molar-refractivity contribution in [3.63, 3.8) is 0 Å². The SMILES string of the molecule is CC1CCCCC1.N=C=O.N=C=O.N=C=O. The fraction of sp³-hybridized carbons (Fsp3) is 0.700. The minimum atomic E-state index is 0.750. The Morgan fingerprint density at radius 2 is 1.06 bits per heavy atom. The second kappa shape index (κ2) is 23.2. The van der Waals surface area contributed by atoms with Crippen molar-refractivity contribution in [2.24, 2.45) is 5.92 Å². The average molecular weight is 227 g/mol. The van der Waals surface area contributed by atoms with Gasteiger partial charge in [-0.1, -0.05) is 39.0 Å². The van der Waals surface area contributed by atoms with Crippen LogP contribution in [0.5, 0.6) is 0 Å². The molecule has 6 nitrogen and oxygen atoms in total. The van der Waals surface area contributed by atoms with Crippen molar-refractivity contribution in [2.75, 3.05) is 0 Å². The smallest absolute Gasteiger partial charge is 0.222 e. The molecule has 3 N–H and O–H groups in total. The molecule has 0 bridgehead atoms. The molecule has 0 spiro atoms. The summed E-state index contributed by atoms with van der Waals surface area (Å²) < 4.78 is 0. The van der Waals surface area contributed by atoms with Crippen LogP contribution in [0.2, 0.25) is 0 Å². The van der Waals surface area contributed by atoms with Gasteiger partial charge in [-0.2, -0.15) is 0 Å². The Hall–Kier alpha value is -1.86. The highest BCUT2D eigenvalue weighted by Gasteiger charge is 2.05. The van der Waals surface area contributed by atoms with Crippen LogP contribution in [0.4, 0.5) is 0 Å². The van der Waals surface area contributed by atoms with Crippen LogP contribution in [0.15, 0.2) is 0 Å². The van der Waals surface area contributed by atoms with E-state index in [0.29, 0.717) is 0 Å². The lowest BCUT2D eigenvalue weighted by atomic mass is 9.91. The van der Waals surface area contributed by atoms with E-state index in [1.807, 2.05) is 0 Å².